The van der Waals surface area contributed by atoms with Crippen molar-refractivity contribution in [1.82, 2.24) is 24.3 Å². The molecule has 7 nitrogen and oxygen atoms in total. The molecule has 186 valence electrons. The summed E-state index contributed by atoms with van der Waals surface area (Å²) in [5.41, 5.74) is 6.69. The average Bonchev–Trinajstić information content (AvgIpc) is 3.08. The molecule has 5 rings (SSSR count). The lowest BCUT2D eigenvalue weighted by atomic mass is 10.1. The maximum atomic E-state index is 12.8. The number of likely N-dealkylation sites (N-methyl/N-ethyl adjacent to an activating group) is 1. The summed E-state index contributed by atoms with van der Waals surface area (Å²) in [7, 11) is 2.18. The average molecular weight is 479 g/mol. The molecule has 3 fully saturated rings. The van der Waals surface area contributed by atoms with Crippen molar-refractivity contribution in [1.29, 1.82) is 0 Å². The smallest absolute Gasteiger partial charge is 0.402 e. The lowest BCUT2D eigenvalue weighted by molar-refractivity contribution is -0.274. The van der Waals surface area contributed by atoms with Gasteiger partial charge in [-0.05, 0) is 43.7 Å². The minimum absolute atomic E-state index is 0.297. The third-order valence-corrected chi connectivity index (χ3v) is 7.55. The zero-order valence-corrected chi connectivity index (χ0v) is 19.9. The molecule has 2 atom stereocenters. The van der Waals surface area contributed by atoms with Gasteiger partial charge in [0.15, 0.2) is 11.6 Å². The van der Waals surface area contributed by atoms with E-state index in [2.05, 4.69) is 45.0 Å². The second-order valence-corrected chi connectivity index (χ2v) is 10.5. The van der Waals surface area contributed by atoms with Crippen LogP contribution >= 0.6 is 0 Å². The van der Waals surface area contributed by atoms with Crippen molar-refractivity contribution in [2.75, 3.05) is 39.0 Å². The maximum absolute atomic E-state index is 12.8. The van der Waals surface area contributed by atoms with E-state index < -0.39 is 12.1 Å². The molecule has 0 aromatic carbocycles. The van der Waals surface area contributed by atoms with Crippen molar-refractivity contribution >= 4 is 5.82 Å². The van der Waals surface area contributed by atoms with Gasteiger partial charge in [0.25, 0.3) is 0 Å². The molecule has 3 heterocycles. The molecule has 0 spiro atoms. The first kappa shape index (κ1) is 23.4. The number of anilines is 1. The Morgan fingerprint density at radius 3 is 2.44 bits per heavy atom. The molecule has 0 amide bonds. The lowest BCUT2D eigenvalue weighted by Gasteiger charge is -2.37. The molecule has 10 heteroatoms. The number of alkyl halides is 3. The predicted octanol–water partition coefficient (Wildman–Crippen LogP) is 3.82. The number of hydrogen-bond donors (Lipinski definition) is 1. The van der Waals surface area contributed by atoms with Gasteiger partial charge in [0.1, 0.15) is 5.82 Å². The van der Waals surface area contributed by atoms with Gasteiger partial charge in [-0.15, -0.1) is 13.2 Å². The van der Waals surface area contributed by atoms with Gasteiger partial charge in [-0.25, -0.2) is 9.97 Å². The Labute approximate surface area is 198 Å². The van der Waals surface area contributed by atoms with E-state index >= 15 is 0 Å². The minimum Gasteiger partial charge on any atom is -0.402 e. The van der Waals surface area contributed by atoms with Gasteiger partial charge in [-0.1, -0.05) is 13.8 Å². The van der Waals surface area contributed by atoms with Gasteiger partial charge in [0.2, 0.25) is 0 Å². The zero-order valence-electron chi connectivity index (χ0n) is 19.9. The molecule has 0 bridgehead atoms. The first-order valence-electron chi connectivity index (χ1n) is 12.1. The van der Waals surface area contributed by atoms with E-state index in [1.54, 1.807) is 0 Å². The summed E-state index contributed by atoms with van der Waals surface area (Å²) < 4.78 is 44.6. The fraction of sp³-hybridized carbons (Fsp3) is 0.667. The van der Waals surface area contributed by atoms with Crippen LogP contribution in [0.15, 0.2) is 18.5 Å². The number of aromatic nitrogens is 3. The quantitative estimate of drug-likeness (QED) is 0.681. The highest BCUT2D eigenvalue weighted by atomic mass is 19.4. The van der Waals surface area contributed by atoms with E-state index in [0.717, 1.165) is 38.4 Å². The molecule has 1 saturated heterocycles. The van der Waals surface area contributed by atoms with Gasteiger partial charge < -0.3 is 19.9 Å². The van der Waals surface area contributed by atoms with Crippen LogP contribution in [-0.4, -0.2) is 70.0 Å². The Kier molecular flexibility index (Phi) is 6.00. The number of imidazole rings is 1. The summed E-state index contributed by atoms with van der Waals surface area (Å²) in [4.78, 5) is 13.8. The predicted molar refractivity (Wildman–Crippen MR) is 123 cm³/mol. The fourth-order valence-electron chi connectivity index (χ4n) is 5.82. The number of fused-ring (bicyclic) bond motifs is 1. The van der Waals surface area contributed by atoms with E-state index in [9.17, 15) is 13.2 Å². The van der Waals surface area contributed by atoms with E-state index in [4.69, 9.17) is 10.7 Å². The summed E-state index contributed by atoms with van der Waals surface area (Å²) in [6.07, 6.45) is 1.84. The van der Waals surface area contributed by atoms with E-state index in [-0.39, 0.29) is 5.82 Å². The SMILES string of the molecule is CC(C)Cc1nc(-c2cnc(N)c(OC(F)(F)F)c2)cn1C1C2CC(N3CCN(C)CC3)CC21. The largest absolute Gasteiger partial charge is 0.573 e. The van der Waals surface area contributed by atoms with Crippen LogP contribution in [0, 0.1) is 17.8 Å². The molecular weight excluding hydrogens is 445 g/mol. The topological polar surface area (TPSA) is 72.4 Å². The van der Waals surface area contributed by atoms with Crippen LogP contribution in [0.4, 0.5) is 19.0 Å². The van der Waals surface area contributed by atoms with Crippen molar-refractivity contribution in [3.63, 3.8) is 0 Å². The number of rotatable bonds is 6. The van der Waals surface area contributed by atoms with Crippen LogP contribution in [0.5, 0.6) is 5.75 Å². The normalized spacial score (nSPS) is 27.9. The highest BCUT2D eigenvalue weighted by molar-refractivity contribution is 5.64. The summed E-state index contributed by atoms with van der Waals surface area (Å²) in [6.45, 7) is 8.85. The maximum Gasteiger partial charge on any atom is 0.573 e. The van der Waals surface area contributed by atoms with Crippen molar-refractivity contribution in [3.8, 4) is 17.0 Å². The lowest BCUT2D eigenvalue weighted by Crippen LogP contribution is -2.48. The number of hydrogen-bond acceptors (Lipinski definition) is 6. The number of halogens is 3. The van der Waals surface area contributed by atoms with Gasteiger partial charge in [0.05, 0.1) is 5.69 Å². The Morgan fingerprint density at radius 2 is 1.82 bits per heavy atom. The first-order chi connectivity index (χ1) is 16.1. The van der Waals surface area contributed by atoms with E-state index in [0.29, 0.717) is 41.1 Å². The first-order valence-corrected chi connectivity index (χ1v) is 12.1. The number of ether oxygens (including phenoxy) is 1. The molecule has 2 unspecified atom stereocenters. The molecular formula is C24H33F3N6O. The van der Waals surface area contributed by atoms with Crippen LogP contribution in [0.2, 0.25) is 0 Å². The molecule has 2 aromatic rings. The second-order valence-electron chi connectivity index (χ2n) is 10.5. The molecule has 0 radical (unpaired) electrons. The van der Waals surface area contributed by atoms with Gasteiger partial charge in [-0.3, -0.25) is 4.90 Å². The second kappa shape index (κ2) is 8.71. The van der Waals surface area contributed by atoms with E-state index in [1.807, 2.05) is 6.20 Å². The zero-order chi connectivity index (χ0) is 24.2. The Bertz CT molecular complexity index is 1020. The van der Waals surface area contributed by atoms with Crippen LogP contribution in [0.25, 0.3) is 11.3 Å². The number of nitrogens with two attached hydrogens (primary N) is 1. The summed E-state index contributed by atoms with van der Waals surface area (Å²) in [6, 6.07) is 2.37. The van der Waals surface area contributed by atoms with Gasteiger partial charge >= 0.3 is 6.36 Å². The molecule has 1 aliphatic heterocycles. The number of piperazine rings is 1. The molecule has 2 saturated carbocycles. The van der Waals surface area contributed by atoms with Crippen molar-refractivity contribution < 1.29 is 17.9 Å². The van der Waals surface area contributed by atoms with Crippen LogP contribution in [-0.2, 0) is 6.42 Å². The third kappa shape index (κ3) is 4.75. The molecule has 3 aliphatic rings. The van der Waals surface area contributed by atoms with Crippen LogP contribution < -0.4 is 10.5 Å². The highest BCUT2D eigenvalue weighted by Crippen LogP contribution is 2.62. The molecule has 34 heavy (non-hydrogen) atoms. The summed E-state index contributed by atoms with van der Waals surface area (Å²) in [5, 5.41) is 0. The number of nitrogens with zero attached hydrogens (tertiary/aromatic N) is 5. The molecule has 2 N–H and O–H groups in total. The summed E-state index contributed by atoms with van der Waals surface area (Å²) in [5.74, 6) is 1.89. The van der Waals surface area contributed by atoms with Gasteiger partial charge in [0, 0.05) is 62.6 Å². The monoisotopic (exact) mass is 478 g/mol. The Balaban J connectivity index is 1.35. The highest BCUT2D eigenvalue weighted by Gasteiger charge is 2.58. The van der Waals surface area contributed by atoms with E-state index in [1.165, 1.54) is 25.1 Å². The summed E-state index contributed by atoms with van der Waals surface area (Å²) >= 11 is 0. The minimum atomic E-state index is -4.83. The Morgan fingerprint density at radius 1 is 1.15 bits per heavy atom. The van der Waals surface area contributed by atoms with Crippen molar-refractivity contribution in [3.05, 3.63) is 24.3 Å². The standard InChI is InChI=1S/C24H33F3N6O/c1-14(2)8-21-30-19(15-9-20(23(28)29-12-15)34-24(25,26)27)13-33(21)22-17-10-16(11-18(17)22)32-6-4-31(3)5-7-32/h9,12-14,16-18,22H,4-8,10-11H2,1-3H3,(H2,28,29). The molecule has 2 aromatic heterocycles. The molecule has 2 aliphatic carbocycles. The van der Waals surface area contributed by atoms with Crippen LogP contribution in [0.3, 0.4) is 0 Å². The van der Waals surface area contributed by atoms with Gasteiger partial charge in [-0.2, -0.15) is 0 Å². The Hall–Kier alpha value is -2.33. The number of pyridine rings is 1. The van der Waals surface area contributed by atoms with Crippen molar-refractivity contribution in [2.45, 2.75) is 51.6 Å². The number of nitrogen functional groups attached to an aromatic ring is 1. The van der Waals surface area contributed by atoms with Crippen LogP contribution in [0.1, 0.15) is 38.6 Å². The van der Waals surface area contributed by atoms with Crippen molar-refractivity contribution in [2.24, 2.45) is 17.8 Å². The third-order valence-electron chi connectivity index (χ3n) is 7.55. The fourth-order valence-corrected chi connectivity index (χ4v) is 5.82.